The molecule has 0 unspecified atom stereocenters. The van der Waals surface area contributed by atoms with Gasteiger partial charge in [0.25, 0.3) is 5.91 Å². The van der Waals surface area contributed by atoms with Crippen LogP contribution in [0.25, 0.3) is 0 Å². The Bertz CT molecular complexity index is 817. The second kappa shape index (κ2) is 9.27. The summed E-state index contributed by atoms with van der Waals surface area (Å²) in [5, 5.41) is 11.0. The number of esters is 1. The number of nitrogens with one attached hydrogen (secondary N) is 1. The predicted molar refractivity (Wildman–Crippen MR) is 107 cm³/mol. The van der Waals surface area contributed by atoms with E-state index in [1.165, 1.54) is 0 Å². The van der Waals surface area contributed by atoms with Gasteiger partial charge < -0.3 is 19.9 Å². The summed E-state index contributed by atoms with van der Waals surface area (Å²) in [5.74, 6) is -0.142. The minimum absolute atomic E-state index is 0.189. The molecule has 8 nitrogen and oxygen atoms in total. The van der Waals surface area contributed by atoms with Gasteiger partial charge >= 0.3 is 5.97 Å². The highest BCUT2D eigenvalue weighted by Gasteiger charge is 2.19. The Morgan fingerprint density at radius 1 is 1.04 bits per heavy atom. The van der Waals surface area contributed by atoms with Gasteiger partial charge in [-0.05, 0) is 37.7 Å². The molecule has 0 spiro atoms. The average Bonchev–Trinajstić information content (AvgIpc) is 2.74. The fraction of sp³-hybridized carbons (Fsp3) is 0.400. The number of hydrogen-bond acceptors (Lipinski definition) is 7. The van der Waals surface area contributed by atoms with E-state index < -0.39 is 11.9 Å². The van der Waals surface area contributed by atoms with Crippen LogP contribution in [0.5, 0.6) is 0 Å². The summed E-state index contributed by atoms with van der Waals surface area (Å²) >= 11 is 0. The molecule has 1 N–H and O–H groups in total. The maximum atomic E-state index is 12.5. The number of anilines is 2. The Labute approximate surface area is 164 Å². The molecular weight excluding hydrogens is 358 g/mol. The molecule has 8 heteroatoms. The van der Waals surface area contributed by atoms with E-state index >= 15 is 0 Å². The van der Waals surface area contributed by atoms with Crippen molar-refractivity contribution in [2.45, 2.75) is 13.8 Å². The SMILES string of the molecule is CCOC(=O)c1ccccc1NC(=O)c1ccc(N2CCN(CC)CC2)nn1. The predicted octanol–water partition coefficient (Wildman–Crippen LogP) is 2.05. The molecule has 1 aromatic heterocycles. The van der Waals surface area contributed by atoms with E-state index in [-0.39, 0.29) is 12.3 Å². The van der Waals surface area contributed by atoms with Crippen molar-refractivity contribution >= 4 is 23.4 Å². The molecule has 1 saturated heterocycles. The molecule has 2 aromatic rings. The number of benzene rings is 1. The number of aromatic nitrogens is 2. The zero-order valence-electron chi connectivity index (χ0n) is 16.2. The van der Waals surface area contributed by atoms with E-state index in [1.54, 1.807) is 43.3 Å². The second-order valence-corrected chi connectivity index (χ2v) is 6.42. The Balaban J connectivity index is 1.67. The summed E-state index contributed by atoms with van der Waals surface area (Å²) < 4.78 is 5.03. The lowest BCUT2D eigenvalue weighted by Gasteiger charge is -2.34. The summed E-state index contributed by atoms with van der Waals surface area (Å²) in [7, 11) is 0. The molecule has 0 saturated carbocycles. The van der Waals surface area contributed by atoms with E-state index in [9.17, 15) is 9.59 Å². The van der Waals surface area contributed by atoms with Crippen LogP contribution < -0.4 is 10.2 Å². The van der Waals surface area contributed by atoms with Crippen LogP contribution in [0.1, 0.15) is 34.7 Å². The molecule has 0 atom stereocenters. The van der Waals surface area contributed by atoms with E-state index in [4.69, 9.17) is 4.74 Å². The molecule has 1 aliphatic heterocycles. The number of hydrogen-bond donors (Lipinski definition) is 1. The fourth-order valence-electron chi connectivity index (χ4n) is 3.07. The highest BCUT2D eigenvalue weighted by atomic mass is 16.5. The third kappa shape index (κ3) is 4.64. The number of ether oxygens (including phenoxy) is 1. The molecule has 3 rings (SSSR count). The lowest BCUT2D eigenvalue weighted by atomic mass is 10.1. The topological polar surface area (TPSA) is 87.7 Å². The molecule has 0 aliphatic carbocycles. The Kier molecular flexibility index (Phi) is 6.54. The molecule has 1 aliphatic rings. The molecule has 0 radical (unpaired) electrons. The number of amides is 1. The van der Waals surface area contributed by atoms with Crippen molar-refractivity contribution in [1.29, 1.82) is 0 Å². The first-order chi connectivity index (χ1) is 13.6. The molecule has 1 aromatic carbocycles. The van der Waals surface area contributed by atoms with Crippen LogP contribution in [0, 0.1) is 0 Å². The normalized spacial score (nSPS) is 14.6. The van der Waals surface area contributed by atoms with Gasteiger partial charge in [0.2, 0.25) is 0 Å². The Hall–Kier alpha value is -3.00. The van der Waals surface area contributed by atoms with Gasteiger partial charge in [-0.1, -0.05) is 19.1 Å². The van der Waals surface area contributed by atoms with Crippen molar-refractivity contribution in [3.05, 3.63) is 47.7 Å². The highest BCUT2D eigenvalue weighted by molar-refractivity contribution is 6.07. The Morgan fingerprint density at radius 2 is 1.79 bits per heavy atom. The lowest BCUT2D eigenvalue weighted by Crippen LogP contribution is -2.46. The van der Waals surface area contributed by atoms with Gasteiger partial charge in [-0.15, -0.1) is 10.2 Å². The highest BCUT2D eigenvalue weighted by Crippen LogP contribution is 2.18. The summed E-state index contributed by atoms with van der Waals surface area (Å²) in [6.07, 6.45) is 0. The van der Waals surface area contributed by atoms with Crippen LogP contribution in [0.3, 0.4) is 0 Å². The number of para-hydroxylation sites is 1. The molecule has 2 heterocycles. The fourth-order valence-corrected chi connectivity index (χ4v) is 3.07. The van der Waals surface area contributed by atoms with E-state index in [2.05, 4.69) is 32.2 Å². The minimum Gasteiger partial charge on any atom is -0.462 e. The van der Waals surface area contributed by atoms with Crippen molar-refractivity contribution < 1.29 is 14.3 Å². The van der Waals surface area contributed by atoms with E-state index in [1.807, 2.05) is 0 Å². The monoisotopic (exact) mass is 383 g/mol. The first-order valence-electron chi connectivity index (χ1n) is 9.51. The first kappa shape index (κ1) is 19.8. The van der Waals surface area contributed by atoms with Crippen molar-refractivity contribution in [2.24, 2.45) is 0 Å². The zero-order valence-corrected chi connectivity index (χ0v) is 16.2. The third-order valence-electron chi connectivity index (χ3n) is 4.70. The quantitative estimate of drug-likeness (QED) is 0.764. The molecular formula is C20H25N5O3. The zero-order chi connectivity index (χ0) is 19.9. The van der Waals surface area contributed by atoms with Gasteiger partial charge in [-0.25, -0.2) is 4.79 Å². The summed E-state index contributed by atoms with van der Waals surface area (Å²) in [6, 6.07) is 10.2. The van der Waals surface area contributed by atoms with Crippen LogP contribution in [-0.2, 0) is 4.74 Å². The summed E-state index contributed by atoms with van der Waals surface area (Å²) in [5.41, 5.74) is 0.873. The largest absolute Gasteiger partial charge is 0.462 e. The third-order valence-corrected chi connectivity index (χ3v) is 4.70. The van der Waals surface area contributed by atoms with Gasteiger partial charge in [0, 0.05) is 26.2 Å². The minimum atomic E-state index is -0.481. The van der Waals surface area contributed by atoms with Crippen LogP contribution in [-0.4, -0.2) is 66.3 Å². The number of nitrogens with zero attached hydrogens (tertiary/aromatic N) is 4. The van der Waals surface area contributed by atoms with Crippen molar-refractivity contribution in [3.63, 3.8) is 0 Å². The lowest BCUT2D eigenvalue weighted by molar-refractivity contribution is 0.0527. The molecule has 28 heavy (non-hydrogen) atoms. The maximum absolute atomic E-state index is 12.5. The second-order valence-electron chi connectivity index (χ2n) is 6.42. The number of piperazine rings is 1. The summed E-state index contributed by atoms with van der Waals surface area (Å²) in [6.45, 7) is 8.96. The molecule has 1 amide bonds. The van der Waals surface area contributed by atoms with Gasteiger partial charge in [0.1, 0.15) is 0 Å². The summed E-state index contributed by atoms with van der Waals surface area (Å²) in [4.78, 5) is 29.1. The standard InChI is InChI=1S/C20H25N5O3/c1-3-24-11-13-25(14-12-24)18-10-9-17(22-23-18)19(26)21-16-8-6-5-7-15(16)20(27)28-4-2/h5-10H,3-4,11-14H2,1-2H3,(H,21,26). The number of likely N-dealkylation sites (N-methyl/N-ethyl adjacent to an activating group) is 1. The average molecular weight is 383 g/mol. The Morgan fingerprint density at radius 3 is 2.43 bits per heavy atom. The first-order valence-corrected chi connectivity index (χ1v) is 9.51. The maximum Gasteiger partial charge on any atom is 0.340 e. The molecule has 1 fully saturated rings. The van der Waals surface area contributed by atoms with Crippen LogP contribution in [0.4, 0.5) is 11.5 Å². The van der Waals surface area contributed by atoms with Gasteiger partial charge in [-0.2, -0.15) is 0 Å². The van der Waals surface area contributed by atoms with Gasteiger partial charge in [-0.3, -0.25) is 4.79 Å². The number of rotatable bonds is 6. The van der Waals surface area contributed by atoms with Crippen molar-refractivity contribution in [1.82, 2.24) is 15.1 Å². The smallest absolute Gasteiger partial charge is 0.340 e. The van der Waals surface area contributed by atoms with Crippen LogP contribution in [0.2, 0.25) is 0 Å². The van der Waals surface area contributed by atoms with Crippen molar-refractivity contribution in [3.8, 4) is 0 Å². The number of carbonyl (C=O) groups is 2. The molecule has 148 valence electrons. The van der Waals surface area contributed by atoms with Gasteiger partial charge in [0.15, 0.2) is 11.5 Å². The van der Waals surface area contributed by atoms with E-state index in [0.29, 0.717) is 11.3 Å². The molecule has 0 bridgehead atoms. The van der Waals surface area contributed by atoms with Crippen LogP contribution in [0.15, 0.2) is 36.4 Å². The van der Waals surface area contributed by atoms with E-state index in [0.717, 1.165) is 38.5 Å². The van der Waals surface area contributed by atoms with Crippen LogP contribution >= 0.6 is 0 Å². The number of carbonyl (C=O) groups excluding carboxylic acids is 2. The van der Waals surface area contributed by atoms with Crippen molar-refractivity contribution in [2.75, 3.05) is 49.5 Å². The van der Waals surface area contributed by atoms with Gasteiger partial charge in [0.05, 0.1) is 17.9 Å².